The Bertz CT molecular complexity index is 1220. The summed E-state index contributed by atoms with van der Waals surface area (Å²) in [5.41, 5.74) is -0.609. The number of amides is 1. The Morgan fingerprint density at radius 2 is 1.78 bits per heavy atom. The zero-order valence-corrected chi connectivity index (χ0v) is 18.1. The summed E-state index contributed by atoms with van der Waals surface area (Å²) in [4.78, 5) is 38.0. The number of anilines is 1. The Morgan fingerprint density at radius 3 is 2.38 bits per heavy atom. The molecule has 1 atom stereocenters. The summed E-state index contributed by atoms with van der Waals surface area (Å²) in [7, 11) is 3.11. The van der Waals surface area contributed by atoms with E-state index in [0.29, 0.717) is 0 Å². The van der Waals surface area contributed by atoms with Crippen LogP contribution in [0.1, 0.15) is 34.8 Å². The number of rotatable bonds is 7. The van der Waals surface area contributed by atoms with Crippen molar-refractivity contribution in [3.8, 4) is 5.75 Å². The molecule has 4 rings (SSSR count). The van der Waals surface area contributed by atoms with Gasteiger partial charge in [-0.1, -0.05) is 35.6 Å². The Kier molecular flexibility index (Phi) is 6.77. The smallest absolute Gasteiger partial charge is 0.650 e. The molecule has 3 aromatic rings. The predicted molar refractivity (Wildman–Crippen MR) is 116 cm³/mol. The quantitative estimate of drug-likeness (QED) is 0.426. The molecule has 0 spiro atoms. The summed E-state index contributed by atoms with van der Waals surface area (Å²) >= 11 is 0. The Balaban J connectivity index is 0.00000289. The van der Waals surface area contributed by atoms with Gasteiger partial charge in [-0.15, -0.1) is 0 Å². The number of hydrogen-bond acceptors (Lipinski definition) is 5. The molecule has 0 unspecified atom stereocenters. The molecule has 2 N–H and O–H groups in total. The first kappa shape index (κ1) is 23.6. The van der Waals surface area contributed by atoms with Crippen molar-refractivity contribution in [1.82, 2.24) is 4.90 Å². The van der Waals surface area contributed by atoms with Crippen molar-refractivity contribution < 1.29 is 33.2 Å². The summed E-state index contributed by atoms with van der Waals surface area (Å²) in [6.45, 7) is 0. The number of halogens is 1. The zero-order valence-electron chi connectivity index (χ0n) is 18.1. The maximum atomic E-state index is 13.3. The van der Waals surface area contributed by atoms with Crippen LogP contribution >= 0.6 is 0 Å². The van der Waals surface area contributed by atoms with Gasteiger partial charge in [-0.3, -0.25) is 14.4 Å². The van der Waals surface area contributed by atoms with E-state index < -0.39 is 16.8 Å². The van der Waals surface area contributed by atoms with E-state index in [9.17, 15) is 23.9 Å². The molecule has 32 heavy (non-hydrogen) atoms. The monoisotopic (exact) mass is 429 g/mol. The molecule has 1 aliphatic carbocycles. The fourth-order valence-electron chi connectivity index (χ4n) is 3.50. The van der Waals surface area contributed by atoms with Crippen molar-refractivity contribution in [2.24, 2.45) is 5.92 Å². The second kappa shape index (κ2) is 9.19. The first-order valence-corrected chi connectivity index (χ1v) is 9.88. The second-order valence-electron chi connectivity index (χ2n) is 7.88. The molecule has 3 aromatic carbocycles. The molecule has 7 nitrogen and oxygen atoms in total. The van der Waals surface area contributed by atoms with E-state index in [2.05, 4.69) is 10.6 Å². The number of phenolic OH excluding ortho intramolecular Hbond substituents is 1. The maximum absolute atomic E-state index is 13.3. The van der Waals surface area contributed by atoms with Gasteiger partial charge in [-0.05, 0) is 42.5 Å². The Hall–Kier alpha value is -3.08. The average Bonchev–Trinajstić information content (AvgIpc) is 3.59. The van der Waals surface area contributed by atoms with E-state index in [1.165, 1.54) is 29.2 Å². The normalized spacial score (nSPS) is 13.8. The summed E-state index contributed by atoms with van der Waals surface area (Å²) < 4.78 is 13.3. The number of benzene rings is 2. The third-order valence-corrected chi connectivity index (χ3v) is 5.39. The zero-order chi connectivity index (χ0) is 22.3. The number of phenols is 1. The average molecular weight is 429 g/mol. The molecule has 9 heteroatoms. The van der Waals surface area contributed by atoms with Crippen LogP contribution < -0.4 is 35.0 Å². The minimum atomic E-state index is -0.764. The topological polar surface area (TPSA) is 101 Å². The number of carbonyl (C=O) groups is 1. The van der Waals surface area contributed by atoms with E-state index >= 15 is 0 Å². The van der Waals surface area contributed by atoms with Crippen LogP contribution in [-0.4, -0.2) is 30.0 Å². The molecule has 0 heterocycles. The Morgan fingerprint density at radius 1 is 1.12 bits per heavy atom. The summed E-state index contributed by atoms with van der Waals surface area (Å²) in [5.74, 6) is -0.872. The van der Waals surface area contributed by atoms with Gasteiger partial charge in [0.2, 0.25) is 10.9 Å². The van der Waals surface area contributed by atoms with Crippen molar-refractivity contribution in [2.75, 3.05) is 19.4 Å². The van der Waals surface area contributed by atoms with Crippen molar-refractivity contribution in [2.45, 2.75) is 18.9 Å². The third kappa shape index (κ3) is 4.43. The van der Waals surface area contributed by atoms with Gasteiger partial charge in [0, 0.05) is 14.1 Å². The molecule has 0 aliphatic heterocycles. The second-order valence-corrected chi connectivity index (χ2v) is 7.88. The maximum Gasteiger partial charge on any atom is 1.00 e. The van der Waals surface area contributed by atoms with E-state index in [4.69, 9.17) is 0 Å². The number of carbonyl (C=O) groups excluding carboxylic acids is 1. The van der Waals surface area contributed by atoms with Gasteiger partial charge in [-0.2, -0.15) is 0 Å². The number of nitrogens with zero attached hydrogens (tertiary/aromatic N) is 2. The van der Waals surface area contributed by atoms with Crippen LogP contribution in [0.4, 0.5) is 21.5 Å². The van der Waals surface area contributed by atoms with E-state index in [0.717, 1.165) is 18.4 Å². The molecule has 1 fully saturated rings. The van der Waals surface area contributed by atoms with Crippen molar-refractivity contribution in [1.29, 1.82) is 0 Å². The number of hydrogen-bond donors (Lipinski definition) is 2. The van der Waals surface area contributed by atoms with Gasteiger partial charge in [0.1, 0.15) is 11.6 Å². The molecule has 0 aromatic heterocycles. The minimum absolute atomic E-state index is 0. The number of nitrogens with one attached hydrogen (secondary N) is 1. The standard InChI is InChI=1S/C23H22FN3O4.Li/c1-27(2)23(31)15-4-3-5-16(20(15)28)25-18-19(22(30)21(18)29)26-17(12-6-7-12)13-8-10-14(24)11-9-13;/h3-5,8-12,17H,6-7H2,1-2H3,(H3,25,26,28,29,30,31);/q;+1/p-1/t17-;/m1./s1. The van der Waals surface area contributed by atoms with Gasteiger partial charge >= 0.3 is 18.9 Å². The van der Waals surface area contributed by atoms with Gasteiger partial charge in [0.15, 0.2) is 0 Å². The van der Waals surface area contributed by atoms with Crippen molar-refractivity contribution >= 4 is 23.0 Å². The molecular formula is C23H21FLiN3O4. The molecule has 1 saturated carbocycles. The van der Waals surface area contributed by atoms with E-state index in [-0.39, 0.29) is 65.0 Å². The molecule has 0 saturated heterocycles. The summed E-state index contributed by atoms with van der Waals surface area (Å²) in [6.07, 6.45) is 1.90. The summed E-state index contributed by atoms with van der Waals surface area (Å²) in [6, 6.07) is 10.2. The van der Waals surface area contributed by atoms with Crippen LogP contribution in [0, 0.1) is 11.7 Å². The third-order valence-electron chi connectivity index (χ3n) is 5.39. The molecule has 1 amide bonds. The molecule has 160 valence electrons. The van der Waals surface area contributed by atoms with E-state index in [1.54, 1.807) is 32.3 Å². The number of para-hydroxylation sites is 1. The molecule has 1 aliphatic rings. The van der Waals surface area contributed by atoms with Crippen LogP contribution in [0.2, 0.25) is 0 Å². The predicted octanol–water partition coefficient (Wildman–Crippen LogP) is 0.733. The Labute approximate surface area is 196 Å². The molecule has 0 radical (unpaired) electrons. The summed E-state index contributed by atoms with van der Waals surface area (Å²) in [5, 5.41) is 17.8. The molecule has 0 bridgehead atoms. The van der Waals surface area contributed by atoms with Gasteiger partial charge in [-0.25, -0.2) is 4.39 Å². The van der Waals surface area contributed by atoms with Gasteiger partial charge in [0.05, 0.1) is 17.3 Å². The van der Waals surface area contributed by atoms with Gasteiger partial charge in [0.25, 0.3) is 5.91 Å². The van der Waals surface area contributed by atoms with Crippen molar-refractivity contribution in [3.05, 3.63) is 85.2 Å². The van der Waals surface area contributed by atoms with Crippen LogP contribution in [0.25, 0.3) is 5.32 Å². The number of aromatic hydroxyl groups is 1. The molecular weight excluding hydrogens is 408 g/mol. The minimum Gasteiger partial charge on any atom is -0.650 e. The van der Waals surface area contributed by atoms with E-state index in [1.807, 2.05) is 0 Å². The van der Waals surface area contributed by atoms with Crippen LogP contribution in [-0.2, 0) is 0 Å². The largest absolute Gasteiger partial charge is 1.00 e. The van der Waals surface area contributed by atoms with Crippen molar-refractivity contribution in [3.63, 3.8) is 0 Å². The van der Waals surface area contributed by atoms with Crippen LogP contribution in [0.15, 0.2) is 52.1 Å². The fraction of sp³-hybridized carbons (Fsp3) is 0.261. The van der Waals surface area contributed by atoms with Gasteiger partial charge < -0.3 is 20.6 Å². The first-order chi connectivity index (χ1) is 14.8. The van der Waals surface area contributed by atoms with Crippen LogP contribution in [0.3, 0.4) is 0 Å². The van der Waals surface area contributed by atoms with Crippen LogP contribution in [0.5, 0.6) is 5.75 Å². The fourth-order valence-corrected chi connectivity index (χ4v) is 3.50. The SMILES string of the molecule is CN(C)C(=O)c1cccc([N-]c2c(N[C@@H](c3ccc(F)cc3)C3CC3)c(=O)c2=O)c1O.[Li+]. The first-order valence-electron chi connectivity index (χ1n) is 9.88.